The highest BCUT2D eigenvalue weighted by atomic mass is 79.9. The first-order chi connectivity index (χ1) is 9.49. The maximum absolute atomic E-state index is 12.6. The molecule has 1 saturated carbocycles. The van der Waals surface area contributed by atoms with E-state index in [0.29, 0.717) is 4.99 Å². The van der Waals surface area contributed by atoms with Gasteiger partial charge in [-0.25, -0.2) is 0 Å². The fourth-order valence-electron chi connectivity index (χ4n) is 2.59. The molecule has 108 valence electrons. The van der Waals surface area contributed by atoms with E-state index in [0.717, 1.165) is 30.2 Å². The number of phenolic OH excluding ortho intramolecular Hbond substituents is 1. The molecule has 3 N–H and O–H groups in total. The number of thiocarbonyl (C=S) groups is 1. The van der Waals surface area contributed by atoms with E-state index in [2.05, 4.69) is 15.9 Å². The first-order valence-corrected chi connectivity index (χ1v) is 7.77. The van der Waals surface area contributed by atoms with Gasteiger partial charge in [-0.05, 0) is 31.0 Å². The predicted octanol–water partition coefficient (Wildman–Crippen LogP) is 2.83. The van der Waals surface area contributed by atoms with Gasteiger partial charge in [0.05, 0.1) is 17.1 Å². The Morgan fingerprint density at radius 2 is 2.10 bits per heavy atom. The van der Waals surface area contributed by atoms with E-state index in [4.69, 9.17) is 18.0 Å². The summed E-state index contributed by atoms with van der Waals surface area (Å²) in [5.74, 6) is -0.245. The molecule has 0 aliphatic heterocycles. The van der Waals surface area contributed by atoms with Crippen LogP contribution in [0.5, 0.6) is 5.75 Å². The number of phenols is 1. The molecular weight excluding hydrogens is 340 g/mol. The maximum atomic E-state index is 12.6. The normalized spacial score (nSPS) is 15.2. The number of nitrogens with two attached hydrogens (primary N) is 1. The maximum Gasteiger partial charge on any atom is 0.258 e. The van der Waals surface area contributed by atoms with Crippen LogP contribution in [0, 0.1) is 0 Å². The van der Waals surface area contributed by atoms with E-state index in [1.165, 1.54) is 6.07 Å². The van der Waals surface area contributed by atoms with Gasteiger partial charge in [0.25, 0.3) is 5.91 Å². The lowest BCUT2D eigenvalue weighted by molar-refractivity contribution is 0.0711. The average molecular weight is 357 g/mol. The van der Waals surface area contributed by atoms with E-state index < -0.39 is 0 Å². The summed E-state index contributed by atoms with van der Waals surface area (Å²) in [5.41, 5.74) is 5.89. The number of rotatable bonds is 4. The molecule has 1 aliphatic carbocycles. The van der Waals surface area contributed by atoms with Gasteiger partial charge in [0.1, 0.15) is 5.75 Å². The number of aromatic hydroxyl groups is 1. The summed E-state index contributed by atoms with van der Waals surface area (Å²) in [6, 6.07) is 5.03. The Balaban J connectivity index is 2.27. The van der Waals surface area contributed by atoms with Crippen molar-refractivity contribution in [2.75, 3.05) is 6.54 Å². The number of carbonyl (C=O) groups is 1. The first-order valence-electron chi connectivity index (χ1n) is 6.57. The SMILES string of the molecule is NC(=S)CN(C(=O)c1ccc(Br)cc1O)C1CCCC1. The van der Waals surface area contributed by atoms with Crippen LogP contribution in [0.1, 0.15) is 36.0 Å². The van der Waals surface area contributed by atoms with Gasteiger partial charge in [0.2, 0.25) is 0 Å². The molecule has 1 aliphatic rings. The molecule has 4 nitrogen and oxygen atoms in total. The minimum atomic E-state index is -0.213. The zero-order valence-corrected chi connectivity index (χ0v) is 13.4. The largest absolute Gasteiger partial charge is 0.507 e. The lowest BCUT2D eigenvalue weighted by Crippen LogP contribution is -2.43. The summed E-state index contributed by atoms with van der Waals surface area (Å²) in [5, 5.41) is 9.95. The quantitative estimate of drug-likeness (QED) is 0.814. The van der Waals surface area contributed by atoms with Crippen LogP contribution in [0.2, 0.25) is 0 Å². The second-order valence-electron chi connectivity index (χ2n) is 5.00. The fourth-order valence-corrected chi connectivity index (χ4v) is 3.08. The third-order valence-corrected chi connectivity index (χ3v) is 4.17. The molecule has 0 saturated heterocycles. The number of amides is 1. The second-order valence-corrected chi connectivity index (χ2v) is 6.44. The second kappa shape index (κ2) is 6.54. The zero-order valence-electron chi connectivity index (χ0n) is 11.0. The van der Waals surface area contributed by atoms with Crippen molar-refractivity contribution in [3.8, 4) is 5.75 Å². The summed E-state index contributed by atoms with van der Waals surface area (Å²) < 4.78 is 0.730. The van der Waals surface area contributed by atoms with Crippen molar-refractivity contribution < 1.29 is 9.90 Å². The van der Waals surface area contributed by atoms with E-state index in [-0.39, 0.29) is 29.8 Å². The van der Waals surface area contributed by atoms with Gasteiger partial charge in [-0.15, -0.1) is 0 Å². The van der Waals surface area contributed by atoms with Gasteiger partial charge < -0.3 is 15.7 Å². The van der Waals surface area contributed by atoms with Crippen LogP contribution in [0.25, 0.3) is 0 Å². The van der Waals surface area contributed by atoms with Gasteiger partial charge >= 0.3 is 0 Å². The van der Waals surface area contributed by atoms with E-state index >= 15 is 0 Å². The molecule has 1 amide bonds. The molecule has 0 bridgehead atoms. The molecule has 0 spiro atoms. The van der Waals surface area contributed by atoms with Crippen LogP contribution < -0.4 is 5.73 Å². The van der Waals surface area contributed by atoms with Crippen molar-refractivity contribution in [2.24, 2.45) is 5.73 Å². The molecule has 6 heteroatoms. The zero-order chi connectivity index (χ0) is 14.7. The van der Waals surface area contributed by atoms with E-state index in [1.54, 1.807) is 17.0 Å². The van der Waals surface area contributed by atoms with Crippen LogP contribution in [0.3, 0.4) is 0 Å². The topological polar surface area (TPSA) is 66.6 Å². The third kappa shape index (κ3) is 3.49. The first kappa shape index (κ1) is 15.3. The molecule has 20 heavy (non-hydrogen) atoms. The molecule has 0 aromatic heterocycles. The minimum absolute atomic E-state index is 0.0321. The van der Waals surface area contributed by atoms with Crippen molar-refractivity contribution in [3.05, 3.63) is 28.2 Å². The molecular formula is C14H17BrN2O2S. The Kier molecular flexibility index (Phi) is 4.99. The highest BCUT2D eigenvalue weighted by Gasteiger charge is 2.29. The lowest BCUT2D eigenvalue weighted by Gasteiger charge is -2.29. The van der Waals surface area contributed by atoms with Gasteiger partial charge in [-0.3, -0.25) is 4.79 Å². The molecule has 2 rings (SSSR count). The van der Waals surface area contributed by atoms with Crippen LogP contribution in [0.4, 0.5) is 0 Å². The summed E-state index contributed by atoms with van der Waals surface area (Å²) in [7, 11) is 0. The third-order valence-electron chi connectivity index (χ3n) is 3.54. The Bertz CT molecular complexity index is 530. The summed E-state index contributed by atoms with van der Waals surface area (Å²) >= 11 is 8.21. The van der Waals surface area contributed by atoms with E-state index in [1.807, 2.05) is 0 Å². The summed E-state index contributed by atoms with van der Waals surface area (Å²) in [6.07, 6.45) is 4.15. The Hall–Kier alpha value is -1.14. The fraction of sp³-hybridized carbons (Fsp3) is 0.429. The molecule has 1 fully saturated rings. The number of nitrogens with zero attached hydrogens (tertiary/aromatic N) is 1. The molecule has 0 atom stereocenters. The van der Waals surface area contributed by atoms with Crippen molar-refractivity contribution in [3.63, 3.8) is 0 Å². The van der Waals surface area contributed by atoms with Gasteiger partial charge in [0.15, 0.2) is 0 Å². The molecule has 0 heterocycles. The smallest absolute Gasteiger partial charge is 0.258 e. The highest BCUT2D eigenvalue weighted by Crippen LogP contribution is 2.28. The molecule has 0 radical (unpaired) electrons. The monoisotopic (exact) mass is 356 g/mol. The van der Waals surface area contributed by atoms with Gasteiger partial charge in [-0.1, -0.05) is 41.0 Å². The molecule has 0 unspecified atom stereocenters. The number of hydrogen-bond acceptors (Lipinski definition) is 3. The van der Waals surface area contributed by atoms with Crippen LogP contribution in [-0.2, 0) is 0 Å². The molecule has 1 aromatic rings. The Morgan fingerprint density at radius 1 is 1.45 bits per heavy atom. The van der Waals surface area contributed by atoms with Crippen LogP contribution >= 0.6 is 28.1 Å². The standard InChI is InChI=1S/C14H17BrN2O2S/c15-9-5-6-11(12(18)7-9)14(19)17(8-13(16)20)10-3-1-2-4-10/h5-7,10,18H,1-4,8H2,(H2,16,20). The highest BCUT2D eigenvalue weighted by molar-refractivity contribution is 9.10. The van der Waals surface area contributed by atoms with Crippen LogP contribution in [-0.4, -0.2) is 33.5 Å². The van der Waals surface area contributed by atoms with E-state index in [9.17, 15) is 9.90 Å². The average Bonchev–Trinajstić information content (AvgIpc) is 2.88. The van der Waals surface area contributed by atoms with Crippen molar-refractivity contribution in [1.29, 1.82) is 0 Å². The van der Waals surface area contributed by atoms with Crippen molar-refractivity contribution >= 4 is 39.0 Å². The van der Waals surface area contributed by atoms with Crippen molar-refractivity contribution in [1.82, 2.24) is 4.90 Å². The Morgan fingerprint density at radius 3 is 2.65 bits per heavy atom. The Labute approximate surface area is 132 Å². The number of carbonyl (C=O) groups excluding carboxylic acids is 1. The van der Waals surface area contributed by atoms with Crippen molar-refractivity contribution in [2.45, 2.75) is 31.7 Å². The number of benzene rings is 1. The number of hydrogen-bond donors (Lipinski definition) is 2. The summed E-state index contributed by atoms with van der Waals surface area (Å²) in [4.78, 5) is 14.6. The van der Waals surface area contributed by atoms with Gasteiger partial charge in [0, 0.05) is 10.5 Å². The predicted molar refractivity (Wildman–Crippen MR) is 85.9 cm³/mol. The summed E-state index contributed by atoms with van der Waals surface area (Å²) in [6.45, 7) is 0.258. The number of halogens is 1. The lowest BCUT2D eigenvalue weighted by atomic mass is 10.1. The minimum Gasteiger partial charge on any atom is -0.507 e. The molecule has 1 aromatic carbocycles. The van der Waals surface area contributed by atoms with Gasteiger partial charge in [-0.2, -0.15) is 0 Å². The van der Waals surface area contributed by atoms with Crippen LogP contribution in [0.15, 0.2) is 22.7 Å².